The van der Waals surface area contributed by atoms with E-state index in [4.69, 9.17) is 9.84 Å². The normalized spacial score (nSPS) is 20.1. The summed E-state index contributed by atoms with van der Waals surface area (Å²) in [5, 5.41) is 19.3. The molecule has 2 N–H and O–H groups in total. The lowest BCUT2D eigenvalue weighted by molar-refractivity contribution is 0.0697. The van der Waals surface area contributed by atoms with E-state index in [2.05, 4.69) is 15.5 Å². The Morgan fingerprint density at radius 3 is 3.20 bits per heavy atom. The lowest BCUT2D eigenvalue weighted by Crippen LogP contribution is -2.21. The number of rotatable bonds is 3. The molecule has 6 nitrogen and oxygen atoms in total. The molecule has 15 heavy (non-hydrogen) atoms. The molecule has 2 heterocycles. The van der Waals surface area contributed by atoms with E-state index in [1.807, 2.05) is 0 Å². The Kier molecular flexibility index (Phi) is 2.77. The third-order valence-corrected chi connectivity index (χ3v) is 2.22. The molecule has 1 saturated heterocycles. The van der Waals surface area contributed by atoms with Gasteiger partial charge in [0.05, 0.1) is 18.8 Å². The van der Waals surface area contributed by atoms with E-state index in [0.717, 1.165) is 6.42 Å². The van der Waals surface area contributed by atoms with Crippen molar-refractivity contribution < 1.29 is 14.6 Å². The van der Waals surface area contributed by atoms with E-state index in [9.17, 15) is 4.79 Å². The van der Waals surface area contributed by atoms with Gasteiger partial charge in [0.15, 0.2) is 5.82 Å². The first-order valence-electron chi connectivity index (χ1n) is 4.66. The van der Waals surface area contributed by atoms with Gasteiger partial charge >= 0.3 is 5.97 Å². The Bertz CT molecular complexity index is 363. The van der Waals surface area contributed by atoms with Crippen molar-refractivity contribution in [2.24, 2.45) is 0 Å². The van der Waals surface area contributed by atoms with Crippen LogP contribution in [0.2, 0.25) is 0 Å². The molecule has 80 valence electrons. The Morgan fingerprint density at radius 2 is 2.53 bits per heavy atom. The number of aromatic carboxylic acids is 1. The highest BCUT2D eigenvalue weighted by molar-refractivity contribution is 5.92. The summed E-state index contributed by atoms with van der Waals surface area (Å²) in [6.45, 7) is 1.27. The van der Waals surface area contributed by atoms with Crippen LogP contribution in [0.1, 0.15) is 16.8 Å². The largest absolute Gasteiger partial charge is 0.478 e. The molecule has 1 fully saturated rings. The van der Waals surface area contributed by atoms with Crippen LogP contribution >= 0.6 is 0 Å². The summed E-state index contributed by atoms with van der Waals surface area (Å²) in [7, 11) is 0. The zero-order valence-corrected chi connectivity index (χ0v) is 8.01. The number of aromatic nitrogens is 2. The molecule has 1 aromatic rings. The second-order valence-corrected chi connectivity index (χ2v) is 3.30. The van der Waals surface area contributed by atoms with Gasteiger partial charge in [-0.1, -0.05) is 0 Å². The highest BCUT2D eigenvalue weighted by Crippen LogP contribution is 2.15. The molecule has 0 aliphatic carbocycles. The highest BCUT2D eigenvalue weighted by Gasteiger charge is 2.19. The molecule has 2 rings (SSSR count). The summed E-state index contributed by atoms with van der Waals surface area (Å²) < 4.78 is 5.17. The minimum atomic E-state index is -1.01. The minimum absolute atomic E-state index is 0.125. The van der Waals surface area contributed by atoms with E-state index >= 15 is 0 Å². The van der Waals surface area contributed by atoms with Crippen molar-refractivity contribution in [1.29, 1.82) is 0 Å². The number of hydrogen-bond donors (Lipinski definition) is 2. The second kappa shape index (κ2) is 4.22. The van der Waals surface area contributed by atoms with Gasteiger partial charge in [0, 0.05) is 6.61 Å². The SMILES string of the molecule is O=C(O)c1ccnnc1NC1CCOC1. The molecule has 0 spiro atoms. The average Bonchev–Trinajstić information content (AvgIpc) is 2.71. The highest BCUT2D eigenvalue weighted by atomic mass is 16.5. The standard InChI is InChI=1S/C9H11N3O3/c13-9(14)7-1-3-10-12-8(7)11-6-2-4-15-5-6/h1,3,6H,2,4-5H2,(H,11,12)(H,13,14). The number of nitrogens with zero attached hydrogens (tertiary/aromatic N) is 2. The molecule has 0 saturated carbocycles. The number of ether oxygens (including phenoxy) is 1. The fraction of sp³-hybridized carbons (Fsp3) is 0.444. The third-order valence-electron chi connectivity index (χ3n) is 2.22. The molecule has 1 aromatic heterocycles. The summed E-state index contributed by atoms with van der Waals surface area (Å²) in [5.74, 6) is -0.702. The number of carboxylic acids is 1. The van der Waals surface area contributed by atoms with Gasteiger partial charge in [0.25, 0.3) is 0 Å². The van der Waals surface area contributed by atoms with Crippen molar-refractivity contribution in [1.82, 2.24) is 10.2 Å². The molecule has 1 atom stereocenters. The maximum absolute atomic E-state index is 10.9. The van der Waals surface area contributed by atoms with Crippen LogP contribution in [0.4, 0.5) is 5.82 Å². The number of carboxylic acid groups (broad SMARTS) is 1. The van der Waals surface area contributed by atoms with Crippen molar-refractivity contribution in [3.05, 3.63) is 17.8 Å². The van der Waals surface area contributed by atoms with Gasteiger partial charge in [-0.25, -0.2) is 4.79 Å². The van der Waals surface area contributed by atoms with Crippen LogP contribution in [0.3, 0.4) is 0 Å². The lowest BCUT2D eigenvalue weighted by Gasteiger charge is -2.11. The van der Waals surface area contributed by atoms with Crippen molar-refractivity contribution in [3.8, 4) is 0 Å². The first-order valence-corrected chi connectivity index (χ1v) is 4.66. The van der Waals surface area contributed by atoms with Crippen LogP contribution in [0, 0.1) is 0 Å². The smallest absolute Gasteiger partial charge is 0.339 e. The number of nitrogens with one attached hydrogen (secondary N) is 1. The molecule has 1 aliphatic heterocycles. The van der Waals surface area contributed by atoms with Crippen LogP contribution in [-0.2, 0) is 4.74 Å². The third kappa shape index (κ3) is 2.21. The van der Waals surface area contributed by atoms with Gasteiger partial charge in [0.2, 0.25) is 0 Å². The number of anilines is 1. The van der Waals surface area contributed by atoms with Crippen LogP contribution in [0.15, 0.2) is 12.3 Å². The average molecular weight is 209 g/mol. The van der Waals surface area contributed by atoms with Gasteiger partial charge < -0.3 is 15.2 Å². The Labute approximate surface area is 86.3 Å². The quantitative estimate of drug-likeness (QED) is 0.748. The van der Waals surface area contributed by atoms with Gasteiger partial charge in [-0.2, -0.15) is 5.10 Å². The van der Waals surface area contributed by atoms with Crippen LogP contribution in [0.25, 0.3) is 0 Å². The maximum atomic E-state index is 10.9. The van der Waals surface area contributed by atoms with Gasteiger partial charge in [-0.3, -0.25) is 0 Å². The maximum Gasteiger partial charge on any atom is 0.339 e. The summed E-state index contributed by atoms with van der Waals surface area (Å²) in [6, 6.07) is 1.55. The molecule has 0 aromatic carbocycles. The molecule has 1 unspecified atom stereocenters. The fourth-order valence-corrected chi connectivity index (χ4v) is 1.45. The first kappa shape index (κ1) is 9.85. The molecule has 6 heteroatoms. The predicted molar refractivity (Wildman–Crippen MR) is 51.8 cm³/mol. The molecule has 1 aliphatic rings. The Morgan fingerprint density at radius 1 is 1.67 bits per heavy atom. The zero-order chi connectivity index (χ0) is 10.7. The summed E-state index contributed by atoms with van der Waals surface area (Å²) in [6.07, 6.45) is 2.22. The number of hydrogen-bond acceptors (Lipinski definition) is 5. The van der Waals surface area contributed by atoms with E-state index in [1.54, 1.807) is 0 Å². The molecule has 0 amide bonds. The van der Waals surface area contributed by atoms with Crippen LogP contribution < -0.4 is 5.32 Å². The number of carbonyl (C=O) groups is 1. The molecular formula is C9H11N3O3. The first-order chi connectivity index (χ1) is 7.27. The van der Waals surface area contributed by atoms with Crippen molar-refractivity contribution >= 4 is 11.8 Å². The summed E-state index contributed by atoms with van der Waals surface area (Å²) >= 11 is 0. The van der Waals surface area contributed by atoms with E-state index in [0.29, 0.717) is 19.0 Å². The van der Waals surface area contributed by atoms with Gasteiger partial charge in [0.1, 0.15) is 5.56 Å². The Hall–Kier alpha value is -1.69. The zero-order valence-electron chi connectivity index (χ0n) is 8.01. The summed E-state index contributed by atoms with van der Waals surface area (Å²) in [5.41, 5.74) is 0.136. The topological polar surface area (TPSA) is 84.3 Å². The van der Waals surface area contributed by atoms with E-state index in [-0.39, 0.29) is 11.6 Å². The monoisotopic (exact) mass is 209 g/mol. The molecule has 0 radical (unpaired) electrons. The van der Waals surface area contributed by atoms with Crippen molar-refractivity contribution in [2.45, 2.75) is 12.5 Å². The molecular weight excluding hydrogens is 198 g/mol. The second-order valence-electron chi connectivity index (χ2n) is 3.30. The van der Waals surface area contributed by atoms with Gasteiger partial charge in [-0.05, 0) is 12.5 Å². The van der Waals surface area contributed by atoms with E-state index < -0.39 is 5.97 Å². The van der Waals surface area contributed by atoms with Crippen molar-refractivity contribution in [2.75, 3.05) is 18.5 Å². The van der Waals surface area contributed by atoms with Gasteiger partial charge in [-0.15, -0.1) is 5.10 Å². The minimum Gasteiger partial charge on any atom is -0.478 e. The van der Waals surface area contributed by atoms with Crippen LogP contribution in [-0.4, -0.2) is 40.5 Å². The Balaban J connectivity index is 2.15. The summed E-state index contributed by atoms with van der Waals surface area (Å²) in [4.78, 5) is 10.9. The molecule has 0 bridgehead atoms. The van der Waals surface area contributed by atoms with E-state index in [1.165, 1.54) is 12.3 Å². The lowest BCUT2D eigenvalue weighted by atomic mass is 10.2. The predicted octanol–water partition coefficient (Wildman–Crippen LogP) is 0.376. The van der Waals surface area contributed by atoms with Crippen molar-refractivity contribution in [3.63, 3.8) is 0 Å². The fourth-order valence-electron chi connectivity index (χ4n) is 1.45. The van der Waals surface area contributed by atoms with Crippen LogP contribution in [0.5, 0.6) is 0 Å².